The monoisotopic (exact) mass is 422 g/mol. The number of nitrogens with one attached hydrogen (secondary N) is 2. The molecule has 2 fully saturated rings. The first-order valence-corrected chi connectivity index (χ1v) is 12.0. The van der Waals surface area contributed by atoms with Crippen LogP contribution in [0.1, 0.15) is 79.1 Å². The maximum absolute atomic E-state index is 13.1. The van der Waals surface area contributed by atoms with Crippen molar-refractivity contribution < 1.29 is 14.4 Å². The zero-order valence-electron chi connectivity index (χ0n) is 19.4. The lowest BCUT2D eigenvalue weighted by Crippen LogP contribution is -2.60. The molecule has 0 aromatic carbocycles. The first-order chi connectivity index (χ1) is 14.3. The second-order valence-corrected chi connectivity index (χ2v) is 9.39. The fourth-order valence-electron chi connectivity index (χ4n) is 4.58. The van der Waals surface area contributed by atoms with E-state index in [0.717, 1.165) is 19.3 Å². The highest BCUT2D eigenvalue weighted by Crippen LogP contribution is 2.29. The van der Waals surface area contributed by atoms with E-state index in [0.29, 0.717) is 38.5 Å². The molecule has 2 aliphatic rings. The highest BCUT2D eigenvalue weighted by Gasteiger charge is 2.34. The molecule has 2 unspecified atom stereocenters. The Balaban J connectivity index is 1.84. The summed E-state index contributed by atoms with van der Waals surface area (Å²) in [6.45, 7) is 10.2. The molecular formula is C23H42N4O3. The summed E-state index contributed by atoms with van der Waals surface area (Å²) in [6, 6.07) is -0.835. The summed E-state index contributed by atoms with van der Waals surface area (Å²) < 4.78 is 0. The van der Waals surface area contributed by atoms with E-state index in [2.05, 4.69) is 17.6 Å². The topological polar surface area (TPSA) is 81.8 Å². The predicted octanol–water partition coefficient (Wildman–Crippen LogP) is 3.14. The van der Waals surface area contributed by atoms with E-state index < -0.39 is 6.04 Å². The minimum absolute atomic E-state index is 0.00388. The molecule has 30 heavy (non-hydrogen) atoms. The quantitative estimate of drug-likeness (QED) is 0.560. The van der Waals surface area contributed by atoms with Crippen molar-refractivity contribution >= 4 is 17.8 Å². The number of carbonyl (C=O) groups excluding carboxylic acids is 3. The maximum atomic E-state index is 13.1. The summed E-state index contributed by atoms with van der Waals surface area (Å²) in [5.74, 6) is 0.875. The van der Waals surface area contributed by atoms with Crippen molar-refractivity contribution in [3.05, 3.63) is 0 Å². The molecule has 0 radical (unpaired) electrons. The molecule has 0 aromatic heterocycles. The highest BCUT2D eigenvalue weighted by molar-refractivity contribution is 5.87. The molecular weight excluding hydrogens is 380 g/mol. The van der Waals surface area contributed by atoms with E-state index in [9.17, 15) is 14.4 Å². The average molecular weight is 423 g/mol. The Bertz CT molecular complexity index is 575. The summed E-state index contributed by atoms with van der Waals surface area (Å²) in [4.78, 5) is 41.7. The number of hydrogen-bond donors (Lipinski definition) is 2. The van der Waals surface area contributed by atoms with Crippen molar-refractivity contribution in [1.29, 1.82) is 0 Å². The molecule has 2 rings (SSSR count). The van der Waals surface area contributed by atoms with Crippen LogP contribution in [-0.4, -0.2) is 65.9 Å². The first kappa shape index (κ1) is 24.5. The minimum atomic E-state index is -0.552. The van der Waals surface area contributed by atoms with Gasteiger partial charge in [0.1, 0.15) is 6.04 Å². The van der Waals surface area contributed by atoms with Gasteiger partial charge in [0.2, 0.25) is 11.8 Å². The van der Waals surface area contributed by atoms with Crippen molar-refractivity contribution in [3.8, 4) is 0 Å². The van der Waals surface area contributed by atoms with Gasteiger partial charge < -0.3 is 20.4 Å². The summed E-state index contributed by atoms with van der Waals surface area (Å²) in [6.07, 6.45) is 8.68. The Labute approximate surface area is 182 Å². The van der Waals surface area contributed by atoms with E-state index in [1.54, 1.807) is 0 Å². The van der Waals surface area contributed by atoms with E-state index >= 15 is 0 Å². The first-order valence-electron chi connectivity index (χ1n) is 12.0. The van der Waals surface area contributed by atoms with Crippen LogP contribution in [0.2, 0.25) is 0 Å². The second-order valence-electron chi connectivity index (χ2n) is 9.39. The van der Waals surface area contributed by atoms with Crippen molar-refractivity contribution in [2.75, 3.05) is 26.2 Å². The predicted molar refractivity (Wildman–Crippen MR) is 119 cm³/mol. The van der Waals surface area contributed by atoms with E-state index in [-0.39, 0.29) is 29.8 Å². The van der Waals surface area contributed by atoms with Gasteiger partial charge in [0.15, 0.2) is 0 Å². The number of amides is 4. The number of unbranched alkanes of at least 4 members (excludes halogenated alkanes) is 1. The number of rotatable bonds is 9. The molecule has 0 spiro atoms. The molecule has 1 saturated carbocycles. The van der Waals surface area contributed by atoms with Crippen molar-refractivity contribution in [2.45, 2.75) is 91.1 Å². The standard InChI is InChI=1S/C23H42N4O3/c1-5-6-13-24-23(30)25-21(17(2)3)22(29)26-14-15-27(18(4)16-26)20(28)12-11-19-9-7-8-10-19/h17-19,21H,5-16H2,1-4H3,(H2,24,25,30). The Morgan fingerprint density at radius 3 is 2.40 bits per heavy atom. The number of nitrogens with zero attached hydrogens (tertiary/aromatic N) is 2. The Morgan fingerprint density at radius 2 is 1.80 bits per heavy atom. The van der Waals surface area contributed by atoms with Gasteiger partial charge in [-0.15, -0.1) is 0 Å². The molecule has 7 nitrogen and oxygen atoms in total. The lowest BCUT2D eigenvalue weighted by Gasteiger charge is -2.41. The highest BCUT2D eigenvalue weighted by atomic mass is 16.2. The lowest BCUT2D eigenvalue weighted by molar-refractivity contribution is -0.144. The second kappa shape index (κ2) is 12.2. The molecule has 1 aliphatic carbocycles. The smallest absolute Gasteiger partial charge is 0.315 e. The summed E-state index contributed by atoms with van der Waals surface area (Å²) in [5.41, 5.74) is 0. The zero-order chi connectivity index (χ0) is 22.1. The van der Waals surface area contributed by atoms with Gasteiger partial charge in [0.25, 0.3) is 0 Å². The van der Waals surface area contributed by atoms with E-state index in [1.165, 1.54) is 25.7 Å². The van der Waals surface area contributed by atoms with Crippen LogP contribution < -0.4 is 10.6 Å². The molecule has 0 aromatic rings. The van der Waals surface area contributed by atoms with Crippen LogP contribution in [0.25, 0.3) is 0 Å². The van der Waals surface area contributed by atoms with Crippen LogP contribution in [0.4, 0.5) is 4.79 Å². The van der Waals surface area contributed by atoms with Crippen LogP contribution in [0.5, 0.6) is 0 Å². The van der Waals surface area contributed by atoms with Gasteiger partial charge in [-0.1, -0.05) is 52.9 Å². The van der Waals surface area contributed by atoms with Crippen molar-refractivity contribution in [3.63, 3.8) is 0 Å². The molecule has 0 bridgehead atoms. The van der Waals surface area contributed by atoms with Crippen LogP contribution in [0.3, 0.4) is 0 Å². The molecule has 1 aliphatic heterocycles. The summed E-state index contributed by atoms with van der Waals surface area (Å²) in [5, 5.41) is 5.67. The lowest BCUT2D eigenvalue weighted by atomic mass is 10.00. The molecule has 2 N–H and O–H groups in total. The Morgan fingerprint density at radius 1 is 1.10 bits per heavy atom. The van der Waals surface area contributed by atoms with Gasteiger partial charge in [0.05, 0.1) is 0 Å². The molecule has 4 amide bonds. The zero-order valence-corrected chi connectivity index (χ0v) is 19.4. The largest absolute Gasteiger partial charge is 0.338 e. The third kappa shape index (κ3) is 7.17. The summed E-state index contributed by atoms with van der Waals surface area (Å²) >= 11 is 0. The van der Waals surface area contributed by atoms with Crippen LogP contribution in [0.15, 0.2) is 0 Å². The minimum Gasteiger partial charge on any atom is -0.338 e. The normalized spacial score (nSPS) is 21.0. The van der Waals surface area contributed by atoms with Crippen LogP contribution in [0, 0.1) is 11.8 Å². The van der Waals surface area contributed by atoms with Crippen LogP contribution in [-0.2, 0) is 9.59 Å². The third-order valence-corrected chi connectivity index (χ3v) is 6.54. The number of urea groups is 1. The van der Waals surface area contributed by atoms with E-state index in [4.69, 9.17) is 0 Å². The van der Waals surface area contributed by atoms with Gasteiger partial charge in [-0.2, -0.15) is 0 Å². The molecule has 7 heteroatoms. The molecule has 172 valence electrons. The van der Waals surface area contributed by atoms with Gasteiger partial charge >= 0.3 is 6.03 Å². The van der Waals surface area contributed by atoms with Gasteiger partial charge in [-0.25, -0.2) is 4.79 Å². The van der Waals surface area contributed by atoms with Gasteiger partial charge in [-0.3, -0.25) is 9.59 Å². The number of piperazine rings is 1. The average Bonchev–Trinajstić information content (AvgIpc) is 3.23. The number of hydrogen-bond acceptors (Lipinski definition) is 3. The van der Waals surface area contributed by atoms with Crippen LogP contribution >= 0.6 is 0 Å². The third-order valence-electron chi connectivity index (χ3n) is 6.54. The maximum Gasteiger partial charge on any atom is 0.315 e. The fraction of sp³-hybridized carbons (Fsp3) is 0.870. The van der Waals surface area contributed by atoms with Crippen molar-refractivity contribution in [2.24, 2.45) is 11.8 Å². The van der Waals surface area contributed by atoms with Gasteiger partial charge in [-0.05, 0) is 31.6 Å². The van der Waals surface area contributed by atoms with Gasteiger partial charge in [0, 0.05) is 38.6 Å². The SMILES string of the molecule is CCCCNC(=O)NC(C(=O)N1CCN(C(=O)CCC2CCCC2)C(C)C1)C(C)C. The Kier molecular flexibility index (Phi) is 9.92. The number of carbonyl (C=O) groups is 3. The molecule has 2 atom stereocenters. The Hall–Kier alpha value is -1.79. The van der Waals surface area contributed by atoms with Crippen molar-refractivity contribution in [1.82, 2.24) is 20.4 Å². The summed E-state index contributed by atoms with van der Waals surface area (Å²) in [7, 11) is 0. The van der Waals surface area contributed by atoms with E-state index in [1.807, 2.05) is 30.6 Å². The molecule has 1 heterocycles. The molecule has 1 saturated heterocycles. The fourth-order valence-corrected chi connectivity index (χ4v) is 4.58.